The Morgan fingerprint density at radius 3 is 2.33 bits per heavy atom. The molecular weight excluding hydrogens is 228 g/mol. The van der Waals surface area contributed by atoms with Gasteiger partial charge in [0.25, 0.3) is 0 Å². The van der Waals surface area contributed by atoms with Gasteiger partial charge in [-0.3, -0.25) is 4.99 Å². The third-order valence-electron chi connectivity index (χ3n) is 3.42. The van der Waals surface area contributed by atoms with Gasteiger partial charge in [-0.05, 0) is 47.7 Å². The van der Waals surface area contributed by atoms with Crippen molar-refractivity contribution in [2.45, 2.75) is 44.7 Å². The Hall–Kier alpha value is -0.810. The smallest absolute Gasteiger partial charge is 0.189 e. The second kappa shape index (κ2) is 5.89. The zero-order chi connectivity index (χ0) is 13.8. The molecule has 1 heterocycles. The maximum atomic E-state index is 5.93. The number of aliphatic imine (C=N–C) groups is 1. The number of hydrogen-bond donors (Lipinski definition) is 2. The minimum Gasteiger partial charge on any atom is -0.381 e. The molecule has 0 aliphatic carbocycles. The number of nitrogens with zero attached hydrogens (tertiary/aromatic N) is 2. The lowest BCUT2D eigenvalue weighted by Gasteiger charge is -2.41. The Morgan fingerprint density at radius 2 is 1.89 bits per heavy atom. The van der Waals surface area contributed by atoms with Crippen molar-refractivity contribution in [3.8, 4) is 0 Å². The summed E-state index contributed by atoms with van der Waals surface area (Å²) in [6.45, 7) is 8.56. The molecule has 1 fully saturated rings. The maximum Gasteiger partial charge on any atom is 0.189 e. The van der Waals surface area contributed by atoms with Crippen LogP contribution in [0.25, 0.3) is 0 Å². The van der Waals surface area contributed by atoms with Crippen molar-refractivity contribution in [3.05, 3.63) is 0 Å². The molecule has 1 aliphatic heterocycles. The van der Waals surface area contributed by atoms with E-state index >= 15 is 0 Å². The minimum absolute atomic E-state index is 0.0471. The molecule has 0 saturated carbocycles. The highest BCUT2D eigenvalue weighted by molar-refractivity contribution is 5.78. The van der Waals surface area contributed by atoms with Crippen molar-refractivity contribution >= 4 is 5.96 Å². The van der Waals surface area contributed by atoms with Crippen molar-refractivity contribution in [2.24, 2.45) is 10.7 Å². The predicted octanol–water partition coefficient (Wildman–Crippen LogP) is 0.800. The summed E-state index contributed by atoms with van der Waals surface area (Å²) in [5.41, 5.74) is 5.96. The Kier molecular flexibility index (Phi) is 4.99. The molecule has 0 spiro atoms. The second-order valence-corrected chi connectivity index (χ2v) is 6.31. The highest BCUT2D eigenvalue weighted by Crippen LogP contribution is 2.26. The van der Waals surface area contributed by atoms with E-state index < -0.39 is 0 Å². The van der Waals surface area contributed by atoms with Crippen LogP contribution in [0.2, 0.25) is 0 Å². The van der Waals surface area contributed by atoms with Crippen LogP contribution in [0, 0.1) is 0 Å². The van der Waals surface area contributed by atoms with Crippen LogP contribution in [-0.2, 0) is 4.74 Å². The summed E-state index contributed by atoms with van der Waals surface area (Å²) in [7, 11) is 4.21. The molecule has 106 valence electrons. The van der Waals surface area contributed by atoms with Crippen LogP contribution in [-0.4, -0.2) is 55.8 Å². The van der Waals surface area contributed by atoms with Crippen LogP contribution in [0.15, 0.2) is 4.99 Å². The van der Waals surface area contributed by atoms with Crippen molar-refractivity contribution in [3.63, 3.8) is 0 Å². The van der Waals surface area contributed by atoms with Crippen LogP contribution in [0.4, 0.5) is 0 Å². The highest BCUT2D eigenvalue weighted by atomic mass is 16.5. The standard InChI is InChI=1S/C13H28N4O/c1-12(2,3)16-11(14)15-10-13(17(4)5)6-8-18-9-7-13/h6-10H2,1-5H3,(H3,14,15,16). The Labute approximate surface area is 111 Å². The first-order valence-corrected chi connectivity index (χ1v) is 6.58. The van der Waals surface area contributed by atoms with E-state index in [4.69, 9.17) is 10.5 Å². The van der Waals surface area contributed by atoms with Gasteiger partial charge in [0.15, 0.2) is 5.96 Å². The molecule has 0 radical (unpaired) electrons. The molecule has 1 aliphatic rings. The van der Waals surface area contributed by atoms with Crippen molar-refractivity contribution in [1.29, 1.82) is 0 Å². The zero-order valence-corrected chi connectivity index (χ0v) is 12.4. The first kappa shape index (κ1) is 15.2. The first-order valence-electron chi connectivity index (χ1n) is 6.58. The fourth-order valence-electron chi connectivity index (χ4n) is 2.15. The summed E-state index contributed by atoms with van der Waals surface area (Å²) in [4.78, 5) is 6.77. The Morgan fingerprint density at radius 1 is 1.33 bits per heavy atom. The molecule has 1 rings (SSSR count). The normalized spacial score (nSPS) is 21.1. The van der Waals surface area contributed by atoms with Gasteiger partial charge in [0.1, 0.15) is 0 Å². The van der Waals surface area contributed by atoms with E-state index in [2.05, 4.69) is 50.1 Å². The van der Waals surface area contributed by atoms with Crippen LogP contribution in [0.1, 0.15) is 33.6 Å². The Bertz CT molecular complexity index is 288. The molecule has 5 heteroatoms. The average Bonchev–Trinajstić information content (AvgIpc) is 2.25. The summed E-state index contributed by atoms with van der Waals surface area (Å²) >= 11 is 0. The molecule has 0 amide bonds. The molecular formula is C13H28N4O. The largest absolute Gasteiger partial charge is 0.381 e. The molecule has 0 aromatic heterocycles. The van der Waals surface area contributed by atoms with Crippen molar-refractivity contribution in [2.75, 3.05) is 33.9 Å². The quantitative estimate of drug-likeness (QED) is 0.579. The van der Waals surface area contributed by atoms with E-state index in [0.717, 1.165) is 32.6 Å². The molecule has 0 unspecified atom stereocenters. The van der Waals surface area contributed by atoms with Gasteiger partial charge in [-0.2, -0.15) is 0 Å². The van der Waals surface area contributed by atoms with Crippen LogP contribution in [0.5, 0.6) is 0 Å². The lowest BCUT2D eigenvalue weighted by Crippen LogP contribution is -2.52. The second-order valence-electron chi connectivity index (χ2n) is 6.31. The molecule has 0 atom stereocenters. The van der Waals surface area contributed by atoms with Crippen LogP contribution < -0.4 is 11.1 Å². The van der Waals surface area contributed by atoms with Crippen LogP contribution >= 0.6 is 0 Å². The van der Waals surface area contributed by atoms with Gasteiger partial charge in [-0.1, -0.05) is 0 Å². The number of hydrogen-bond acceptors (Lipinski definition) is 3. The minimum atomic E-state index is -0.0471. The van der Waals surface area contributed by atoms with E-state index in [-0.39, 0.29) is 11.1 Å². The summed E-state index contributed by atoms with van der Waals surface area (Å²) < 4.78 is 5.44. The fraction of sp³-hybridized carbons (Fsp3) is 0.923. The van der Waals surface area contributed by atoms with E-state index in [9.17, 15) is 0 Å². The fourth-order valence-corrected chi connectivity index (χ4v) is 2.15. The number of nitrogens with one attached hydrogen (secondary N) is 1. The lowest BCUT2D eigenvalue weighted by atomic mass is 9.89. The summed E-state index contributed by atoms with van der Waals surface area (Å²) in [5.74, 6) is 0.523. The lowest BCUT2D eigenvalue weighted by molar-refractivity contribution is -0.00254. The van der Waals surface area contributed by atoms with Gasteiger partial charge in [-0.25, -0.2) is 0 Å². The number of likely N-dealkylation sites (N-methyl/N-ethyl adjacent to an activating group) is 1. The van der Waals surface area contributed by atoms with Gasteiger partial charge >= 0.3 is 0 Å². The summed E-state index contributed by atoms with van der Waals surface area (Å²) in [5, 5.41) is 3.19. The SMILES string of the molecule is CN(C)C1(CN=C(N)NC(C)(C)C)CCOCC1. The molecule has 0 aromatic rings. The van der Waals surface area contributed by atoms with Crippen LogP contribution in [0.3, 0.4) is 0 Å². The molecule has 1 saturated heterocycles. The van der Waals surface area contributed by atoms with E-state index in [1.165, 1.54) is 0 Å². The van der Waals surface area contributed by atoms with Crippen molar-refractivity contribution < 1.29 is 4.74 Å². The molecule has 5 nitrogen and oxygen atoms in total. The van der Waals surface area contributed by atoms with E-state index in [0.29, 0.717) is 5.96 Å². The van der Waals surface area contributed by atoms with Gasteiger partial charge in [0.05, 0.1) is 6.54 Å². The molecule has 0 bridgehead atoms. The topological polar surface area (TPSA) is 62.9 Å². The van der Waals surface area contributed by atoms with Gasteiger partial charge < -0.3 is 20.7 Å². The number of rotatable bonds is 3. The average molecular weight is 256 g/mol. The van der Waals surface area contributed by atoms with E-state index in [1.807, 2.05) is 0 Å². The summed E-state index contributed by atoms with van der Waals surface area (Å²) in [6.07, 6.45) is 2.01. The van der Waals surface area contributed by atoms with Gasteiger partial charge in [0.2, 0.25) is 0 Å². The van der Waals surface area contributed by atoms with Gasteiger partial charge in [-0.15, -0.1) is 0 Å². The third-order valence-corrected chi connectivity index (χ3v) is 3.42. The third kappa shape index (κ3) is 4.46. The predicted molar refractivity (Wildman–Crippen MR) is 75.8 cm³/mol. The Balaban J connectivity index is 2.64. The van der Waals surface area contributed by atoms with E-state index in [1.54, 1.807) is 0 Å². The molecule has 3 N–H and O–H groups in total. The van der Waals surface area contributed by atoms with Crippen molar-refractivity contribution in [1.82, 2.24) is 10.2 Å². The number of nitrogens with two attached hydrogens (primary N) is 1. The maximum absolute atomic E-state index is 5.93. The monoisotopic (exact) mass is 256 g/mol. The van der Waals surface area contributed by atoms with Gasteiger partial charge in [0, 0.05) is 24.3 Å². The first-order chi connectivity index (χ1) is 8.25. The highest BCUT2D eigenvalue weighted by Gasteiger charge is 2.34. The summed E-state index contributed by atoms with van der Waals surface area (Å²) in [6, 6.07) is 0. The number of guanidine groups is 1. The zero-order valence-electron chi connectivity index (χ0n) is 12.4. The molecule has 0 aromatic carbocycles. The number of ether oxygens (including phenoxy) is 1. The molecule has 18 heavy (non-hydrogen) atoms.